The van der Waals surface area contributed by atoms with Crippen molar-refractivity contribution in [3.8, 4) is 0 Å². The number of nitrogens with two attached hydrogens (primary N) is 1. The molecule has 3 N–H and O–H groups in total. The van der Waals surface area contributed by atoms with Gasteiger partial charge in [0, 0.05) is 21.3 Å². The van der Waals surface area contributed by atoms with Crippen molar-refractivity contribution >= 4 is 33.7 Å². The van der Waals surface area contributed by atoms with Gasteiger partial charge in [0.2, 0.25) is 0 Å². The summed E-state index contributed by atoms with van der Waals surface area (Å²) in [5.74, 6) is -0.810. The summed E-state index contributed by atoms with van der Waals surface area (Å²) in [5, 5.41) is 3.73. The second-order valence-corrected chi connectivity index (χ2v) is 4.90. The van der Waals surface area contributed by atoms with Gasteiger partial charge in [-0.05, 0) is 42.5 Å². The minimum atomic E-state index is -0.418. The molecule has 0 radical (unpaired) electrons. The molecule has 0 saturated heterocycles. The zero-order chi connectivity index (χ0) is 14.5. The van der Waals surface area contributed by atoms with Crippen LogP contribution in [0.3, 0.4) is 0 Å². The maximum Gasteiger partial charge on any atom is 0.271 e. The molecule has 2 rings (SSSR count). The highest BCUT2D eigenvalue weighted by Gasteiger charge is 2.04. The van der Waals surface area contributed by atoms with Crippen molar-refractivity contribution in [3.63, 3.8) is 0 Å². The van der Waals surface area contributed by atoms with Crippen molar-refractivity contribution in [3.05, 3.63) is 63.9 Å². The Kier molecular flexibility index (Phi) is 4.47. The molecule has 0 heterocycles. The van der Waals surface area contributed by atoms with E-state index >= 15 is 0 Å². The van der Waals surface area contributed by atoms with Crippen LogP contribution in [0.5, 0.6) is 0 Å². The molecule has 2 aromatic carbocycles. The number of benzene rings is 2. The average Bonchev–Trinajstić information content (AvgIpc) is 2.43. The molecule has 0 fully saturated rings. The number of hydrazone groups is 1. The van der Waals surface area contributed by atoms with Gasteiger partial charge in [0.25, 0.3) is 5.91 Å². The smallest absolute Gasteiger partial charge is 0.271 e. The third kappa shape index (κ3) is 3.64. The highest BCUT2D eigenvalue weighted by molar-refractivity contribution is 9.10. The van der Waals surface area contributed by atoms with Gasteiger partial charge >= 0.3 is 0 Å². The third-order valence-corrected chi connectivity index (χ3v) is 2.99. The Morgan fingerprint density at radius 2 is 1.95 bits per heavy atom. The molecule has 1 amide bonds. The van der Waals surface area contributed by atoms with Gasteiger partial charge in [-0.25, -0.2) is 9.82 Å². The molecule has 0 aliphatic rings. The van der Waals surface area contributed by atoms with Crippen LogP contribution < -0.4 is 11.2 Å². The zero-order valence-corrected chi connectivity index (χ0v) is 11.9. The summed E-state index contributed by atoms with van der Waals surface area (Å²) in [7, 11) is 0. The fourth-order valence-electron chi connectivity index (χ4n) is 1.47. The van der Waals surface area contributed by atoms with E-state index in [-0.39, 0.29) is 5.56 Å². The van der Waals surface area contributed by atoms with Crippen molar-refractivity contribution < 1.29 is 9.18 Å². The summed E-state index contributed by atoms with van der Waals surface area (Å²) in [6, 6.07) is 10.9. The molecular weight excluding hydrogens is 325 g/mol. The fraction of sp³-hybridized carbons (Fsp3) is 0. The predicted octanol–water partition coefficient (Wildman–Crippen LogP) is 2.93. The molecule has 0 unspecified atom stereocenters. The van der Waals surface area contributed by atoms with Gasteiger partial charge in [0.1, 0.15) is 5.82 Å². The summed E-state index contributed by atoms with van der Waals surface area (Å²) in [5.41, 5.74) is 9.12. The highest BCUT2D eigenvalue weighted by atomic mass is 79.9. The van der Waals surface area contributed by atoms with E-state index in [0.29, 0.717) is 11.3 Å². The maximum atomic E-state index is 13.4. The molecule has 0 spiro atoms. The number of halogens is 2. The number of carbonyl (C=O) groups excluding carboxylic acids is 1. The minimum Gasteiger partial charge on any atom is -0.399 e. The van der Waals surface area contributed by atoms with Crippen LogP contribution in [0.15, 0.2) is 52.0 Å². The second-order valence-electron chi connectivity index (χ2n) is 3.99. The molecule has 20 heavy (non-hydrogen) atoms. The molecule has 4 nitrogen and oxygen atoms in total. The average molecular weight is 336 g/mol. The lowest BCUT2D eigenvalue weighted by atomic mass is 10.2. The Bertz CT molecular complexity index is 656. The van der Waals surface area contributed by atoms with Gasteiger partial charge in [0.15, 0.2) is 0 Å². The molecule has 0 aromatic heterocycles. The molecule has 102 valence electrons. The van der Waals surface area contributed by atoms with Crippen molar-refractivity contribution in [2.75, 3.05) is 5.73 Å². The molecule has 0 saturated carbocycles. The van der Waals surface area contributed by atoms with Crippen LogP contribution in [0.25, 0.3) is 0 Å². The van der Waals surface area contributed by atoms with Crippen molar-refractivity contribution in [2.45, 2.75) is 0 Å². The minimum absolute atomic E-state index is 0.275. The molecule has 0 bridgehead atoms. The lowest BCUT2D eigenvalue weighted by Crippen LogP contribution is -2.17. The number of nitrogens with one attached hydrogen (secondary N) is 1. The standard InChI is InChI=1S/C14H11BrFN3O/c15-11-3-6-13(16)10(7-11)8-18-19-14(20)9-1-4-12(17)5-2-9/h1-8H,17H2,(H,19,20)/b18-8-. The van der Waals surface area contributed by atoms with Gasteiger partial charge in [-0.2, -0.15) is 5.10 Å². The normalized spacial score (nSPS) is 10.7. The zero-order valence-electron chi connectivity index (χ0n) is 10.3. The Morgan fingerprint density at radius 1 is 1.25 bits per heavy atom. The molecule has 0 atom stereocenters. The van der Waals surface area contributed by atoms with Crippen LogP contribution in [0.4, 0.5) is 10.1 Å². The summed E-state index contributed by atoms with van der Waals surface area (Å²) >= 11 is 3.23. The number of hydrogen-bond acceptors (Lipinski definition) is 3. The highest BCUT2D eigenvalue weighted by Crippen LogP contribution is 2.13. The number of nitrogens with zero attached hydrogens (tertiary/aromatic N) is 1. The lowest BCUT2D eigenvalue weighted by Gasteiger charge is -2.01. The van der Waals surface area contributed by atoms with E-state index in [1.807, 2.05) is 0 Å². The van der Waals surface area contributed by atoms with Crippen LogP contribution in [0.2, 0.25) is 0 Å². The largest absolute Gasteiger partial charge is 0.399 e. The molecule has 0 aliphatic carbocycles. The number of amides is 1. The van der Waals surface area contributed by atoms with E-state index in [9.17, 15) is 9.18 Å². The van der Waals surface area contributed by atoms with Crippen molar-refractivity contribution in [1.82, 2.24) is 5.43 Å². The quantitative estimate of drug-likeness (QED) is 0.514. The van der Waals surface area contributed by atoms with E-state index in [4.69, 9.17) is 5.73 Å². The monoisotopic (exact) mass is 335 g/mol. The first kappa shape index (κ1) is 14.2. The van der Waals surface area contributed by atoms with Crippen LogP contribution in [-0.2, 0) is 0 Å². The predicted molar refractivity (Wildman–Crippen MR) is 80.0 cm³/mol. The maximum absolute atomic E-state index is 13.4. The molecule has 2 aromatic rings. The summed E-state index contributed by atoms with van der Waals surface area (Å²) < 4.78 is 14.1. The molecule has 6 heteroatoms. The van der Waals surface area contributed by atoms with Crippen molar-refractivity contribution in [2.24, 2.45) is 5.10 Å². The molecule has 0 aliphatic heterocycles. The number of carbonyl (C=O) groups is 1. The molecular formula is C14H11BrFN3O. The first-order chi connectivity index (χ1) is 9.56. The van der Waals surface area contributed by atoms with Gasteiger partial charge in [-0.15, -0.1) is 0 Å². The van der Waals surface area contributed by atoms with E-state index in [1.165, 1.54) is 12.3 Å². The first-order valence-electron chi connectivity index (χ1n) is 5.70. The van der Waals surface area contributed by atoms with Gasteiger partial charge < -0.3 is 5.73 Å². The van der Waals surface area contributed by atoms with Crippen LogP contribution in [0, 0.1) is 5.82 Å². The van der Waals surface area contributed by atoms with E-state index in [1.54, 1.807) is 36.4 Å². The van der Waals surface area contributed by atoms with Gasteiger partial charge in [-0.3, -0.25) is 4.79 Å². The summed E-state index contributed by atoms with van der Waals surface area (Å²) in [4.78, 5) is 11.7. The Balaban J connectivity index is 2.04. The summed E-state index contributed by atoms with van der Waals surface area (Å²) in [6.45, 7) is 0. The Labute approximate surface area is 123 Å². The van der Waals surface area contributed by atoms with Crippen LogP contribution in [-0.4, -0.2) is 12.1 Å². The van der Waals surface area contributed by atoms with E-state index in [2.05, 4.69) is 26.5 Å². The van der Waals surface area contributed by atoms with Crippen LogP contribution in [0.1, 0.15) is 15.9 Å². The SMILES string of the molecule is Nc1ccc(C(=O)N/N=C\c2cc(Br)ccc2F)cc1. The second kappa shape index (κ2) is 6.29. The van der Waals surface area contributed by atoms with Gasteiger partial charge in [-0.1, -0.05) is 15.9 Å². The van der Waals surface area contributed by atoms with Gasteiger partial charge in [0.05, 0.1) is 6.21 Å². The van der Waals surface area contributed by atoms with Crippen molar-refractivity contribution in [1.29, 1.82) is 0 Å². The van der Waals surface area contributed by atoms with Crippen LogP contribution >= 0.6 is 15.9 Å². The number of anilines is 1. The Morgan fingerprint density at radius 3 is 2.65 bits per heavy atom. The fourth-order valence-corrected chi connectivity index (χ4v) is 1.85. The first-order valence-corrected chi connectivity index (χ1v) is 6.49. The Hall–Kier alpha value is -2.21. The van der Waals surface area contributed by atoms with E-state index < -0.39 is 11.7 Å². The number of hydrogen-bond donors (Lipinski definition) is 2. The summed E-state index contributed by atoms with van der Waals surface area (Å²) in [6.07, 6.45) is 1.25. The lowest BCUT2D eigenvalue weighted by molar-refractivity contribution is 0.0955. The van der Waals surface area contributed by atoms with E-state index in [0.717, 1.165) is 4.47 Å². The third-order valence-electron chi connectivity index (χ3n) is 2.50. The topological polar surface area (TPSA) is 67.5 Å². The number of rotatable bonds is 3. The number of nitrogen functional groups attached to an aromatic ring is 1.